The Labute approximate surface area is 78.5 Å². The number of alkyl halides is 1. The molecular weight excluding hydrogens is 176 g/mol. The standard InChI is InChI=1S/C9H15ClO2/c1-9(2,3)12-8(11)6-4-5-7-10/h4-5H,6-7H2,1-3H3/b5-4-. The minimum absolute atomic E-state index is 0.219. The third kappa shape index (κ3) is 7.61. The fourth-order valence-corrected chi connectivity index (χ4v) is 0.752. The van der Waals surface area contributed by atoms with Crippen LogP contribution in [0.5, 0.6) is 0 Å². The lowest BCUT2D eigenvalue weighted by atomic mass is 10.2. The highest BCUT2D eigenvalue weighted by molar-refractivity contribution is 6.18. The Kier molecular flexibility index (Phi) is 4.98. The molecule has 0 aliphatic heterocycles. The van der Waals surface area contributed by atoms with Crippen molar-refractivity contribution in [1.82, 2.24) is 0 Å². The van der Waals surface area contributed by atoms with Crippen LogP contribution in [0.2, 0.25) is 0 Å². The average molecular weight is 191 g/mol. The molecule has 0 rings (SSSR count). The summed E-state index contributed by atoms with van der Waals surface area (Å²) in [6, 6.07) is 0. The van der Waals surface area contributed by atoms with E-state index in [1.54, 1.807) is 12.2 Å². The van der Waals surface area contributed by atoms with Crippen LogP contribution in [-0.4, -0.2) is 17.5 Å². The van der Waals surface area contributed by atoms with Gasteiger partial charge in [-0.1, -0.05) is 12.2 Å². The molecule has 0 atom stereocenters. The quantitative estimate of drug-likeness (QED) is 0.388. The van der Waals surface area contributed by atoms with Crippen LogP contribution < -0.4 is 0 Å². The molecule has 0 saturated carbocycles. The molecule has 0 saturated heterocycles. The van der Waals surface area contributed by atoms with Crippen molar-refractivity contribution in [2.45, 2.75) is 32.8 Å². The first kappa shape index (κ1) is 11.5. The molecule has 12 heavy (non-hydrogen) atoms. The Morgan fingerprint density at radius 3 is 2.42 bits per heavy atom. The van der Waals surface area contributed by atoms with Crippen LogP contribution in [0, 0.1) is 0 Å². The van der Waals surface area contributed by atoms with Crippen LogP contribution in [0.15, 0.2) is 12.2 Å². The van der Waals surface area contributed by atoms with Gasteiger partial charge in [0.25, 0.3) is 0 Å². The summed E-state index contributed by atoms with van der Waals surface area (Å²) in [5.41, 5.74) is -0.397. The van der Waals surface area contributed by atoms with E-state index in [0.717, 1.165) is 0 Å². The monoisotopic (exact) mass is 190 g/mol. The third-order valence-corrected chi connectivity index (χ3v) is 1.14. The molecule has 0 spiro atoms. The van der Waals surface area contributed by atoms with E-state index in [1.807, 2.05) is 20.8 Å². The van der Waals surface area contributed by atoms with Crippen molar-refractivity contribution >= 4 is 17.6 Å². The Balaban J connectivity index is 3.68. The number of carbonyl (C=O) groups excluding carboxylic acids is 1. The topological polar surface area (TPSA) is 26.3 Å². The minimum Gasteiger partial charge on any atom is -0.460 e. The number of hydrogen-bond donors (Lipinski definition) is 0. The van der Waals surface area contributed by atoms with Gasteiger partial charge in [-0.2, -0.15) is 0 Å². The Hall–Kier alpha value is -0.500. The first-order valence-electron chi connectivity index (χ1n) is 3.88. The molecule has 0 aromatic rings. The second-order valence-electron chi connectivity index (χ2n) is 3.42. The number of ether oxygens (including phenoxy) is 1. The molecule has 0 heterocycles. The van der Waals surface area contributed by atoms with Crippen molar-refractivity contribution in [3.8, 4) is 0 Å². The van der Waals surface area contributed by atoms with Gasteiger partial charge in [0, 0.05) is 5.88 Å². The van der Waals surface area contributed by atoms with Crippen molar-refractivity contribution in [3.63, 3.8) is 0 Å². The molecule has 0 radical (unpaired) electrons. The van der Waals surface area contributed by atoms with E-state index in [1.165, 1.54) is 0 Å². The Bertz CT molecular complexity index is 168. The molecule has 0 aromatic carbocycles. The number of hydrogen-bond acceptors (Lipinski definition) is 2. The molecule has 0 unspecified atom stereocenters. The maximum atomic E-state index is 11.0. The van der Waals surface area contributed by atoms with E-state index in [0.29, 0.717) is 12.3 Å². The molecule has 70 valence electrons. The van der Waals surface area contributed by atoms with Gasteiger partial charge in [0.1, 0.15) is 5.60 Å². The summed E-state index contributed by atoms with van der Waals surface area (Å²) in [6.45, 7) is 5.53. The van der Waals surface area contributed by atoms with Gasteiger partial charge >= 0.3 is 5.97 Å². The van der Waals surface area contributed by atoms with Gasteiger partial charge in [0.15, 0.2) is 0 Å². The molecule has 0 aliphatic carbocycles. The van der Waals surface area contributed by atoms with Gasteiger partial charge in [-0.15, -0.1) is 11.6 Å². The second-order valence-corrected chi connectivity index (χ2v) is 3.72. The Morgan fingerprint density at radius 1 is 1.42 bits per heavy atom. The number of carbonyl (C=O) groups is 1. The predicted octanol–water partition coefficient (Wildman–Crippen LogP) is 2.51. The minimum atomic E-state index is -0.397. The van der Waals surface area contributed by atoms with E-state index in [4.69, 9.17) is 16.3 Å². The second kappa shape index (κ2) is 5.20. The number of esters is 1. The number of allylic oxidation sites excluding steroid dienone is 1. The highest BCUT2D eigenvalue weighted by Crippen LogP contribution is 2.08. The third-order valence-electron chi connectivity index (χ3n) is 0.960. The molecular formula is C9H15ClO2. The molecule has 0 amide bonds. The first-order valence-corrected chi connectivity index (χ1v) is 4.42. The van der Waals surface area contributed by atoms with Crippen molar-refractivity contribution < 1.29 is 9.53 Å². The van der Waals surface area contributed by atoms with E-state index >= 15 is 0 Å². The van der Waals surface area contributed by atoms with Gasteiger partial charge in [-0.3, -0.25) is 4.79 Å². The fraction of sp³-hybridized carbons (Fsp3) is 0.667. The van der Waals surface area contributed by atoms with Crippen LogP contribution >= 0.6 is 11.6 Å². The maximum absolute atomic E-state index is 11.0. The maximum Gasteiger partial charge on any atom is 0.310 e. The molecule has 2 nitrogen and oxygen atoms in total. The molecule has 0 aromatic heterocycles. The number of halogens is 1. The molecule has 0 N–H and O–H groups in total. The smallest absolute Gasteiger partial charge is 0.310 e. The van der Waals surface area contributed by atoms with Gasteiger partial charge in [0.2, 0.25) is 0 Å². The highest BCUT2D eigenvalue weighted by atomic mass is 35.5. The first-order chi connectivity index (χ1) is 5.45. The lowest BCUT2D eigenvalue weighted by molar-refractivity contribution is -0.153. The summed E-state index contributed by atoms with van der Waals surface area (Å²) in [7, 11) is 0. The zero-order valence-corrected chi connectivity index (χ0v) is 8.52. The fourth-order valence-electron chi connectivity index (χ4n) is 0.626. The molecule has 0 bridgehead atoms. The molecule has 0 aliphatic rings. The van der Waals surface area contributed by atoms with Crippen LogP contribution in [0.25, 0.3) is 0 Å². The van der Waals surface area contributed by atoms with Crippen molar-refractivity contribution in [2.24, 2.45) is 0 Å². The van der Waals surface area contributed by atoms with Gasteiger partial charge < -0.3 is 4.74 Å². The summed E-state index contributed by atoms with van der Waals surface area (Å²) < 4.78 is 5.05. The van der Waals surface area contributed by atoms with Gasteiger partial charge in [-0.25, -0.2) is 0 Å². The van der Waals surface area contributed by atoms with Crippen LogP contribution in [0.4, 0.5) is 0 Å². The van der Waals surface area contributed by atoms with Crippen LogP contribution in [-0.2, 0) is 9.53 Å². The zero-order chi connectivity index (χ0) is 9.61. The van der Waals surface area contributed by atoms with E-state index < -0.39 is 5.60 Å². The predicted molar refractivity (Wildman–Crippen MR) is 50.3 cm³/mol. The normalized spacial score (nSPS) is 12.0. The van der Waals surface area contributed by atoms with Crippen molar-refractivity contribution in [3.05, 3.63) is 12.2 Å². The lowest BCUT2D eigenvalue weighted by Gasteiger charge is -2.18. The van der Waals surface area contributed by atoms with Crippen molar-refractivity contribution in [2.75, 3.05) is 5.88 Å². The summed E-state index contributed by atoms with van der Waals surface area (Å²) in [5.74, 6) is 0.215. The van der Waals surface area contributed by atoms with Crippen LogP contribution in [0.3, 0.4) is 0 Å². The molecule has 3 heteroatoms. The van der Waals surface area contributed by atoms with Crippen molar-refractivity contribution in [1.29, 1.82) is 0 Å². The summed E-state index contributed by atoms with van der Waals surface area (Å²) in [6.07, 6.45) is 3.73. The summed E-state index contributed by atoms with van der Waals surface area (Å²) in [5, 5.41) is 0. The van der Waals surface area contributed by atoms with Crippen LogP contribution in [0.1, 0.15) is 27.2 Å². The van der Waals surface area contributed by atoms with E-state index in [2.05, 4.69) is 0 Å². The summed E-state index contributed by atoms with van der Waals surface area (Å²) >= 11 is 5.38. The van der Waals surface area contributed by atoms with E-state index in [-0.39, 0.29) is 5.97 Å². The zero-order valence-electron chi connectivity index (χ0n) is 7.76. The van der Waals surface area contributed by atoms with Gasteiger partial charge in [-0.05, 0) is 20.8 Å². The molecule has 0 fully saturated rings. The van der Waals surface area contributed by atoms with Gasteiger partial charge in [0.05, 0.1) is 6.42 Å². The van der Waals surface area contributed by atoms with E-state index in [9.17, 15) is 4.79 Å². The largest absolute Gasteiger partial charge is 0.460 e. The highest BCUT2D eigenvalue weighted by Gasteiger charge is 2.14. The number of rotatable bonds is 3. The average Bonchev–Trinajstić information content (AvgIpc) is 1.84. The SMILES string of the molecule is CC(C)(C)OC(=O)C/C=C\CCl. The summed E-state index contributed by atoms with van der Waals surface area (Å²) in [4.78, 5) is 11.0. The lowest BCUT2D eigenvalue weighted by Crippen LogP contribution is -2.23. The Morgan fingerprint density at radius 2 is 2.00 bits per heavy atom.